The van der Waals surface area contributed by atoms with Crippen LogP contribution in [0.2, 0.25) is 0 Å². The van der Waals surface area contributed by atoms with Crippen molar-refractivity contribution in [3.63, 3.8) is 0 Å². The smallest absolute Gasteiger partial charge is 0.318 e. The second-order valence-corrected chi connectivity index (χ2v) is 3.82. The van der Waals surface area contributed by atoms with Gasteiger partial charge < -0.3 is 15.4 Å². The number of urea groups is 1. The molecule has 0 bridgehead atoms. The van der Waals surface area contributed by atoms with Crippen LogP contribution in [0, 0.1) is 0 Å². The standard InChI is InChI=1S/C12H18N2O2/c1-8(2)10-7-9(14-12(15)13-3)5-6-11(10)16-4/h5-8H,1-4H3,(H2,13,14,15). The summed E-state index contributed by atoms with van der Waals surface area (Å²) < 4.78 is 5.26. The Morgan fingerprint density at radius 3 is 2.56 bits per heavy atom. The quantitative estimate of drug-likeness (QED) is 0.825. The van der Waals surface area contributed by atoms with E-state index >= 15 is 0 Å². The van der Waals surface area contributed by atoms with Gasteiger partial charge in [0.25, 0.3) is 0 Å². The molecule has 1 aromatic carbocycles. The molecule has 2 N–H and O–H groups in total. The van der Waals surface area contributed by atoms with Crippen LogP contribution in [0.5, 0.6) is 5.75 Å². The summed E-state index contributed by atoms with van der Waals surface area (Å²) in [6, 6.07) is 5.39. The Morgan fingerprint density at radius 2 is 2.06 bits per heavy atom. The number of anilines is 1. The monoisotopic (exact) mass is 222 g/mol. The lowest BCUT2D eigenvalue weighted by Crippen LogP contribution is -2.24. The minimum Gasteiger partial charge on any atom is -0.496 e. The number of rotatable bonds is 3. The average Bonchev–Trinajstić information content (AvgIpc) is 2.28. The first-order chi connectivity index (χ1) is 7.58. The second-order valence-electron chi connectivity index (χ2n) is 3.82. The van der Waals surface area contributed by atoms with E-state index in [2.05, 4.69) is 24.5 Å². The molecule has 0 atom stereocenters. The molecule has 4 heteroatoms. The SMILES string of the molecule is CNC(=O)Nc1ccc(OC)c(C(C)C)c1. The summed E-state index contributed by atoms with van der Waals surface area (Å²) in [5.41, 5.74) is 1.85. The number of carbonyl (C=O) groups is 1. The predicted molar refractivity (Wildman–Crippen MR) is 65.2 cm³/mol. The first-order valence-electron chi connectivity index (χ1n) is 5.25. The maximum absolute atomic E-state index is 11.2. The molecule has 0 saturated heterocycles. The zero-order chi connectivity index (χ0) is 12.1. The predicted octanol–water partition coefficient (Wildman–Crippen LogP) is 2.57. The third-order valence-corrected chi connectivity index (χ3v) is 2.34. The number of nitrogens with one attached hydrogen (secondary N) is 2. The first kappa shape index (κ1) is 12.4. The average molecular weight is 222 g/mol. The fourth-order valence-electron chi connectivity index (χ4n) is 1.46. The molecule has 4 nitrogen and oxygen atoms in total. The van der Waals surface area contributed by atoms with E-state index in [9.17, 15) is 4.79 Å². The Kier molecular flexibility index (Phi) is 4.17. The summed E-state index contributed by atoms with van der Waals surface area (Å²) in [5, 5.41) is 5.24. The zero-order valence-electron chi connectivity index (χ0n) is 10.1. The molecule has 0 unspecified atom stereocenters. The van der Waals surface area contributed by atoms with Gasteiger partial charge >= 0.3 is 6.03 Å². The van der Waals surface area contributed by atoms with Crippen LogP contribution >= 0.6 is 0 Å². The molecule has 0 saturated carbocycles. The van der Waals surface area contributed by atoms with E-state index in [0.29, 0.717) is 5.92 Å². The molecular weight excluding hydrogens is 204 g/mol. The van der Waals surface area contributed by atoms with E-state index in [0.717, 1.165) is 17.0 Å². The Morgan fingerprint density at radius 1 is 1.38 bits per heavy atom. The van der Waals surface area contributed by atoms with Gasteiger partial charge in [0.05, 0.1) is 7.11 Å². The third kappa shape index (κ3) is 2.89. The lowest BCUT2D eigenvalue weighted by atomic mass is 10.0. The van der Waals surface area contributed by atoms with E-state index in [4.69, 9.17) is 4.74 Å². The van der Waals surface area contributed by atoms with E-state index < -0.39 is 0 Å². The van der Waals surface area contributed by atoms with Crippen molar-refractivity contribution in [1.82, 2.24) is 5.32 Å². The van der Waals surface area contributed by atoms with Gasteiger partial charge in [0, 0.05) is 12.7 Å². The Bertz CT molecular complexity index is 375. The van der Waals surface area contributed by atoms with Crippen LogP contribution in [0.25, 0.3) is 0 Å². The minimum atomic E-state index is -0.222. The van der Waals surface area contributed by atoms with Gasteiger partial charge in [0.1, 0.15) is 5.75 Å². The zero-order valence-corrected chi connectivity index (χ0v) is 10.1. The van der Waals surface area contributed by atoms with E-state index in [1.54, 1.807) is 14.2 Å². The van der Waals surface area contributed by atoms with Crippen molar-refractivity contribution in [3.05, 3.63) is 23.8 Å². The molecule has 0 heterocycles. The maximum Gasteiger partial charge on any atom is 0.318 e. The molecular formula is C12H18N2O2. The normalized spacial score (nSPS) is 10.1. The van der Waals surface area contributed by atoms with Gasteiger partial charge in [-0.3, -0.25) is 0 Å². The van der Waals surface area contributed by atoms with Crippen LogP contribution in [0.1, 0.15) is 25.3 Å². The number of hydrogen-bond donors (Lipinski definition) is 2. The maximum atomic E-state index is 11.2. The highest BCUT2D eigenvalue weighted by Gasteiger charge is 2.09. The summed E-state index contributed by atoms with van der Waals surface area (Å²) in [6.07, 6.45) is 0. The van der Waals surface area contributed by atoms with Crippen LogP contribution < -0.4 is 15.4 Å². The molecule has 0 aromatic heterocycles. The van der Waals surface area contributed by atoms with Crippen LogP contribution in [0.3, 0.4) is 0 Å². The Balaban J connectivity index is 2.97. The van der Waals surface area contributed by atoms with Crippen LogP contribution in [0.15, 0.2) is 18.2 Å². The highest BCUT2D eigenvalue weighted by atomic mass is 16.5. The Hall–Kier alpha value is -1.71. The van der Waals surface area contributed by atoms with E-state index in [1.165, 1.54) is 0 Å². The van der Waals surface area contributed by atoms with Crippen molar-refractivity contribution in [3.8, 4) is 5.75 Å². The summed E-state index contributed by atoms with van der Waals surface area (Å²) >= 11 is 0. The van der Waals surface area contributed by atoms with Crippen LogP contribution in [-0.4, -0.2) is 20.2 Å². The van der Waals surface area contributed by atoms with Gasteiger partial charge in [-0.05, 0) is 29.7 Å². The van der Waals surface area contributed by atoms with E-state index in [-0.39, 0.29) is 6.03 Å². The molecule has 0 radical (unpaired) electrons. The van der Waals surface area contributed by atoms with Crippen molar-refractivity contribution in [2.75, 3.05) is 19.5 Å². The summed E-state index contributed by atoms with van der Waals surface area (Å²) in [6.45, 7) is 4.17. The summed E-state index contributed by atoms with van der Waals surface area (Å²) in [4.78, 5) is 11.2. The highest BCUT2D eigenvalue weighted by Crippen LogP contribution is 2.28. The lowest BCUT2D eigenvalue weighted by molar-refractivity contribution is 0.254. The third-order valence-electron chi connectivity index (χ3n) is 2.34. The number of methoxy groups -OCH3 is 1. The van der Waals surface area contributed by atoms with Gasteiger partial charge in [0.15, 0.2) is 0 Å². The second kappa shape index (κ2) is 5.39. The minimum absolute atomic E-state index is 0.222. The van der Waals surface area contributed by atoms with Gasteiger partial charge in [-0.25, -0.2) is 4.79 Å². The molecule has 16 heavy (non-hydrogen) atoms. The molecule has 1 rings (SSSR count). The number of ether oxygens (including phenoxy) is 1. The number of hydrogen-bond acceptors (Lipinski definition) is 2. The van der Waals surface area contributed by atoms with Crippen molar-refractivity contribution in [2.24, 2.45) is 0 Å². The van der Waals surface area contributed by atoms with Crippen molar-refractivity contribution in [1.29, 1.82) is 0 Å². The molecule has 0 aliphatic carbocycles. The highest BCUT2D eigenvalue weighted by molar-refractivity contribution is 5.89. The molecule has 0 aliphatic rings. The van der Waals surface area contributed by atoms with Crippen LogP contribution in [-0.2, 0) is 0 Å². The molecule has 0 aliphatic heterocycles. The topological polar surface area (TPSA) is 50.4 Å². The largest absolute Gasteiger partial charge is 0.496 e. The van der Waals surface area contributed by atoms with E-state index in [1.807, 2.05) is 18.2 Å². The van der Waals surface area contributed by atoms with Gasteiger partial charge in [-0.15, -0.1) is 0 Å². The number of amides is 2. The molecule has 2 amide bonds. The molecule has 0 fully saturated rings. The fraction of sp³-hybridized carbons (Fsp3) is 0.417. The van der Waals surface area contributed by atoms with Crippen molar-refractivity contribution in [2.45, 2.75) is 19.8 Å². The Labute approximate surface area is 96.0 Å². The number of carbonyl (C=O) groups excluding carboxylic acids is 1. The summed E-state index contributed by atoms with van der Waals surface area (Å²) in [5.74, 6) is 1.19. The molecule has 88 valence electrons. The van der Waals surface area contributed by atoms with Gasteiger partial charge in [0.2, 0.25) is 0 Å². The molecule has 0 spiro atoms. The summed E-state index contributed by atoms with van der Waals surface area (Å²) in [7, 11) is 3.23. The van der Waals surface area contributed by atoms with Crippen LogP contribution in [0.4, 0.5) is 10.5 Å². The first-order valence-corrected chi connectivity index (χ1v) is 5.25. The fourth-order valence-corrected chi connectivity index (χ4v) is 1.46. The van der Waals surface area contributed by atoms with Gasteiger partial charge in [-0.2, -0.15) is 0 Å². The van der Waals surface area contributed by atoms with Crippen molar-refractivity contribution >= 4 is 11.7 Å². The molecule has 1 aromatic rings. The number of benzene rings is 1. The van der Waals surface area contributed by atoms with Gasteiger partial charge in [-0.1, -0.05) is 13.8 Å². The van der Waals surface area contributed by atoms with Crippen molar-refractivity contribution < 1.29 is 9.53 Å². The lowest BCUT2D eigenvalue weighted by Gasteiger charge is -2.13.